The topological polar surface area (TPSA) is 85.2 Å². The molecule has 1 N–H and O–H groups in total. The number of carbonyl (C=O) groups is 1. The first-order chi connectivity index (χ1) is 13.7. The molecule has 3 heterocycles. The molecule has 8 heteroatoms. The van der Waals surface area contributed by atoms with Crippen molar-refractivity contribution in [2.24, 2.45) is 7.05 Å². The second-order valence-electron chi connectivity index (χ2n) is 8.97. The molecule has 2 aliphatic rings. The highest BCUT2D eigenvalue weighted by atomic mass is 16.6. The van der Waals surface area contributed by atoms with Crippen molar-refractivity contribution in [3.8, 4) is 11.4 Å². The summed E-state index contributed by atoms with van der Waals surface area (Å²) in [6, 6.07) is 0.239. The third-order valence-corrected chi connectivity index (χ3v) is 5.59. The fourth-order valence-corrected chi connectivity index (χ4v) is 3.98. The van der Waals surface area contributed by atoms with Crippen LogP contribution in [0.2, 0.25) is 0 Å². The summed E-state index contributed by atoms with van der Waals surface area (Å²) in [7, 11) is 2.04. The largest absolute Gasteiger partial charge is 0.444 e. The van der Waals surface area contributed by atoms with E-state index in [2.05, 4.69) is 19.9 Å². The molecule has 4 rings (SSSR count). The van der Waals surface area contributed by atoms with Gasteiger partial charge in [-0.1, -0.05) is 0 Å². The summed E-state index contributed by atoms with van der Waals surface area (Å²) in [6.07, 6.45) is 5.24. The molecule has 0 unspecified atom stereocenters. The van der Waals surface area contributed by atoms with Crippen LogP contribution in [0.3, 0.4) is 0 Å². The van der Waals surface area contributed by atoms with Crippen LogP contribution in [0, 0.1) is 6.92 Å². The first kappa shape index (κ1) is 19.7. The first-order valence-corrected chi connectivity index (χ1v) is 10.3. The van der Waals surface area contributed by atoms with Gasteiger partial charge in [-0.25, -0.2) is 19.7 Å². The maximum absolute atomic E-state index is 12.2. The lowest BCUT2D eigenvalue weighted by atomic mass is 9.98. The number of fused-ring (bicyclic) bond motifs is 3. The number of hydrogen-bond donors (Lipinski definition) is 1. The molecule has 2 aromatic rings. The normalized spacial score (nSPS) is 16.9. The molecule has 2 aromatic heterocycles. The zero-order chi connectivity index (χ0) is 20.8. The van der Waals surface area contributed by atoms with Crippen LogP contribution >= 0.6 is 0 Å². The van der Waals surface area contributed by atoms with Crippen molar-refractivity contribution in [1.29, 1.82) is 0 Å². The van der Waals surface area contributed by atoms with E-state index < -0.39 is 5.60 Å². The van der Waals surface area contributed by atoms with Gasteiger partial charge in [-0.3, -0.25) is 0 Å². The number of carbonyl (C=O) groups excluding carboxylic acids is 1. The smallest absolute Gasteiger partial charge is 0.410 e. The van der Waals surface area contributed by atoms with Gasteiger partial charge in [-0.15, -0.1) is 0 Å². The summed E-state index contributed by atoms with van der Waals surface area (Å²) in [5.41, 5.74) is 3.91. The minimum Gasteiger partial charge on any atom is -0.444 e. The zero-order valence-corrected chi connectivity index (χ0v) is 17.9. The van der Waals surface area contributed by atoms with E-state index in [1.54, 1.807) is 4.90 Å². The Balaban J connectivity index is 1.43. The summed E-state index contributed by atoms with van der Waals surface area (Å²) in [5, 5.41) is 3.47. The Morgan fingerprint density at radius 3 is 2.62 bits per heavy atom. The Morgan fingerprint density at radius 2 is 1.93 bits per heavy atom. The van der Waals surface area contributed by atoms with Crippen molar-refractivity contribution < 1.29 is 9.53 Å². The Kier molecular flexibility index (Phi) is 4.96. The highest BCUT2D eigenvalue weighted by Crippen LogP contribution is 2.32. The van der Waals surface area contributed by atoms with E-state index in [0.29, 0.717) is 19.0 Å². The molecule has 1 amide bonds. The van der Waals surface area contributed by atoms with Crippen molar-refractivity contribution in [3.63, 3.8) is 0 Å². The average molecular weight is 399 g/mol. The van der Waals surface area contributed by atoms with Crippen molar-refractivity contribution in [2.45, 2.75) is 65.0 Å². The van der Waals surface area contributed by atoms with E-state index in [1.807, 2.05) is 40.9 Å². The predicted molar refractivity (Wildman–Crippen MR) is 111 cm³/mol. The molecule has 0 aromatic carbocycles. The van der Waals surface area contributed by atoms with Crippen LogP contribution < -0.4 is 5.32 Å². The van der Waals surface area contributed by atoms with Crippen LogP contribution in [0.4, 0.5) is 10.7 Å². The van der Waals surface area contributed by atoms with Gasteiger partial charge in [-0.2, -0.15) is 0 Å². The van der Waals surface area contributed by atoms with Crippen molar-refractivity contribution in [1.82, 2.24) is 24.4 Å². The van der Waals surface area contributed by atoms with Gasteiger partial charge in [0.15, 0.2) is 0 Å². The molecule has 1 aliphatic heterocycles. The van der Waals surface area contributed by atoms with Crippen LogP contribution in [-0.4, -0.2) is 55.2 Å². The molecule has 0 bridgehead atoms. The van der Waals surface area contributed by atoms with E-state index in [9.17, 15) is 4.79 Å². The number of amides is 1. The standard InChI is InChI=1S/C21H30N6O2/c1-13-23-16-7-6-14-12-22-19(25-17(14)18(16)26(13)5)24-15-8-10-27(11-9-15)20(28)29-21(2,3)4/h12,15H,6-11H2,1-5H3,(H,22,24,25). The van der Waals surface area contributed by atoms with Gasteiger partial charge in [0.25, 0.3) is 0 Å². The van der Waals surface area contributed by atoms with Crippen molar-refractivity contribution in [2.75, 3.05) is 18.4 Å². The number of aryl methyl sites for hydroxylation is 3. The van der Waals surface area contributed by atoms with E-state index in [-0.39, 0.29) is 12.1 Å². The van der Waals surface area contributed by atoms with Gasteiger partial charge < -0.3 is 19.5 Å². The lowest BCUT2D eigenvalue weighted by Crippen LogP contribution is -2.44. The Labute approximate surface area is 171 Å². The summed E-state index contributed by atoms with van der Waals surface area (Å²) >= 11 is 0. The average Bonchev–Trinajstić information content (AvgIpc) is 2.95. The molecule has 0 saturated carbocycles. The van der Waals surface area contributed by atoms with Crippen LogP contribution in [0.15, 0.2) is 6.20 Å². The summed E-state index contributed by atoms with van der Waals surface area (Å²) in [6.45, 7) is 9.04. The van der Waals surface area contributed by atoms with Gasteiger partial charge in [0.2, 0.25) is 5.95 Å². The number of nitrogens with zero attached hydrogens (tertiary/aromatic N) is 5. The van der Waals surface area contributed by atoms with E-state index >= 15 is 0 Å². The van der Waals surface area contributed by atoms with Crippen LogP contribution in [0.5, 0.6) is 0 Å². The number of nitrogens with one attached hydrogen (secondary N) is 1. The third kappa shape index (κ3) is 4.06. The molecule has 156 valence electrons. The Bertz CT molecular complexity index is 922. The minimum absolute atomic E-state index is 0.236. The molecule has 0 spiro atoms. The molecule has 8 nitrogen and oxygen atoms in total. The Morgan fingerprint density at radius 1 is 1.21 bits per heavy atom. The first-order valence-electron chi connectivity index (χ1n) is 10.3. The number of aromatic nitrogens is 4. The van der Waals surface area contributed by atoms with Gasteiger partial charge in [0, 0.05) is 32.4 Å². The minimum atomic E-state index is -0.466. The lowest BCUT2D eigenvalue weighted by Gasteiger charge is -2.33. The fourth-order valence-electron chi connectivity index (χ4n) is 3.98. The fraction of sp³-hybridized carbons (Fsp3) is 0.619. The van der Waals surface area contributed by atoms with Gasteiger partial charge in [-0.05, 0) is 58.9 Å². The van der Waals surface area contributed by atoms with Crippen LogP contribution in [0.1, 0.15) is 50.7 Å². The maximum Gasteiger partial charge on any atom is 0.410 e. The lowest BCUT2D eigenvalue weighted by molar-refractivity contribution is 0.0210. The number of ether oxygens (including phenoxy) is 1. The number of piperidine rings is 1. The molecule has 1 aliphatic carbocycles. The van der Waals surface area contributed by atoms with Crippen LogP contribution in [-0.2, 0) is 24.6 Å². The second kappa shape index (κ2) is 7.31. The second-order valence-corrected chi connectivity index (χ2v) is 8.97. The summed E-state index contributed by atoms with van der Waals surface area (Å²) in [5.74, 6) is 1.65. The number of likely N-dealkylation sites (tertiary alicyclic amines) is 1. The Hall–Kier alpha value is -2.64. The van der Waals surface area contributed by atoms with E-state index in [0.717, 1.165) is 48.6 Å². The molecule has 1 saturated heterocycles. The molecule has 0 atom stereocenters. The van der Waals surface area contributed by atoms with Gasteiger partial charge in [0.1, 0.15) is 11.4 Å². The number of hydrogen-bond acceptors (Lipinski definition) is 6. The summed E-state index contributed by atoms with van der Waals surface area (Å²) < 4.78 is 7.59. The molecule has 1 fully saturated rings. The SMILES string of the molecule is Cc1nc2c(n1C)-c1nc(NC3CCN(C(=O)OC(C)(C)C)CC3)ncc1CC2. The number of rotatable bonds is 2. The monoisotopic (exact) mass is 398 g/mol. The molecular weight excluding hydrogens is 368 g/mol. The van der Waals surface area contributed by atoms with E-state index in [1.165, 1.54) is 5.56 Å². The van der Waals surface area contributed by atoms with Crippen molar-refractivity contribution >= 4 is 12.0 Å². The van der Waals surface area contributed by atoms with E-state index in [4.69, 9.17) is 9.72 Å². The summed E-state index contributed by atoms with van der Waals surface area (Å²) in [4.78, 5) is 28.1. The zero-order valence-electron chi connectivity index (χ0n) is 17.9. The number of anilines is 1. The molecule has 29 heavy (non-hydrogen) atoms. The highest BCUT2D eigenvalue weighted by molar-refractivity contribution is 5.68. The molecule has 0 radical (unpaired) electrons. The quantitative estimate of drug-likeness (QED) is 0.837. The predicted octanol–water partition coefficient (Wildman–Crippen LogP) is 3.10. The maximum atomic E-state index is 12.2. The number of imidazole rings is 1. The van der Waals surface area contributed by atoms with Gasteiger partial charge >= 0.3 is 6.09 Å². The third-order valence-electron chi connectivity index (χ3n) is 5.59. The highest BCUT2D eigenvalue weighted by Gasteiger charge is 2.28. The van der Waals surface area contributed by atoms with Crippen LogP contribution in [0.25, 0.3) is 11.4 Å². The van der Waals surface area contributed by atoms with Gasteiger partial charge in [0.05, 0.1) is 17.1 Å². The molecular formula is C21H30N6O2. The van der Waals surface area contributed by atoms with Crippen molar-refractivity contribution in [3.05, 3.63) is 23.3 Å².